The maximum absolute atomic E-state index is 12.4. The Morgan fingerprint density at radius 1 is 1.50 bits per heavy atom. The zero-order valence-corrected chi connectivity index (χ0v) is 13.0. The number of carbonyl (C=O) groups is 1. The van der Waals surface area contributed by atoms with E-state index in [2.05, 4.69) is 25.3 Å². The number of amides is 1. The van der Waals surface area contributed by atoms with E-state index in [0.29, 0.717) is 9.50 Å². The molecule has 7 heteroatoms. The fourth-order valence-corrected chi connectivity index (χ4v) is 3.39. The van der Waals surface area contributed by atoms with Gasteiger partial charge in [-0.3, -0.25) is 0 Å². The molecule has 100 valence electrons. The number of hydrogen-bond donors (Lipinski definition) is 0. The van der Waals surface area contributed by atoms with Crippen molar-refractivity contribution in [2.75, 3.05) is 6.26 Å². The molecule has 1 amide bonds. The van der Waals surface area contributed by atoms with Gasteiger partial charge in [0.2, 0.25) is 0 Å². The molecule has 5 nitrogen and oxygen atoms in total. The zero-order valence-electron chi connectivity index (χ0n) is 10.6. The van der Waals surface area contributed by atoms with Gasteiger partial charge in [0.25, 0.3) is 0 Å². The first-order valence-corrected chi connectivity index (χ1v) is 7.89. The average Bonchev–Trinajstić information content (AvgIpc) is 2.13. The van der Waals surface area contributed by atoms with Crippen LogP contribution in [0.15, 0.2) is 32.2 Å². The number of aromatic nitrogens is 1. The van der Waals surface area contributed by atoms with Gasteiger partial charge in [-0.05, 0) is 48.8 Å². The summed E-state index contributed by atoms with van der Waals surface area (Å²) in [6.45, 7) is 5.16. The lowest BCUT2D eigenvalue weighted by Crippen LogP contribution is -2.22. The molecule has 1 atom stereocenters. The SMILES string of the molecule is CC(C)(C)OC(=O)N=S(C)(=O)c1cccnc1Br. The van der Waals surface area contributed by atoms with E-state index in [-0.39, 0.29) is 0 Å². The molecule has 0 saturated heterocycles. The summed E-state index contributed by atoms with van der Waals surface area (Å²) in [4.78, 5) is 15.9. The van der Waals surface area contributed by atoms with Crippen LogP contribution in [0.5, 0.6) is 0 Å². The number of pyridine rings is 1. The van der Waals surface area contributed by atoms with Crippen LogP contribution in [0.25, 0.3) is 0 Å². The first-order valence-electron chi connectivity index (χ1n) is 5.17. The van der Waals surface area contributed by atoms with Crippen molar-refractivity contribution in [2.24, 2.45) is 4.36 Å². The van der Waals surface area contributed by atoms with Crippen LogP contribution >= 0.6 is 15.9 Å². The Balaban J connectivity index is 3.12. The highest BCUT2D eigenvalue weighted by Gasteiger charge is 2.19. The molecule has 0 aliphatic carbocycles. The molecule has 0 aromatic carbocycles. The molecule has 1 aromatic rings. The zero-order chi connectivity index (χ0) is 14.0. The molecule has 0 aliphatic rings. The molecule has 1 heterocycles. The highest BCUT2D eigenvalue weighted by Crippen LogP contribution is 2.21. The summed E-state index contributed by atoms with van der Waals surface area (Å²) in [7, 11) is -2.87. The van der Waals surface area contributed by atoms with Gasteiger partial charge in [0.15, 0.2) is 0 Å². The lowest BCUT2D eigenvalue weighted by molar-refractivity contribution is 0.0607. The Labute approximate surface area is 115 Å². The second-order valence-electron chi connectivity index (χ2n) is 4.67. The molecular weight excluding hydrogens is 320 g/mol. The van der Waals surface area contributed by atoms with Gasteiger partial charge in [0.05, 0.1) is 14.6 Å². The third-order valence-corrected chi connectivity index (χ3v) is 4.31. The van der Waals surface area contributed by atoms with E-state index in [9.17, 15) is 9.00 Å². The van der Waals surface area contributed by atoms with Crippen LogP contribution in [0.1, 0.15) is 20.8 Å². The second-order valence-corrected chi connectivity index (χ2v) is 7.65. The van der Waals surface area contributed by atoms with Crippen molar-refractivity contribution >= 4 is 31.8 Å². The summed E-state index contributed by atoms with van der Waals surface area (Å²) >= 11 is 3.18. The monoisotopic (exact) mass is 334 g/mol. The topological polar surface area (TPSA) is 68.6 Å². The van der Waals surface area contributed by atoms with Crippen molar-refractivity contribution < 1.29 is 13.7 Å². The van der Waals surface area contributed by atoms with E-state index in [0.717, 1.165) is 0 Å². The normalized spacial score (nSPS) is 14.7. The van der Waals surface area contributed by atoms with Crippen LogP contribution in [-0.2, 0) is 14.5 Å². The Kier molecular flexibility index (Phi) is 4.50. The molecule has 0 bridgehead atoms. The molecule has 0 saturated carbocycles. The summed E-state index contributed by atoms with van der Waals surface area (Å²) in [5.74, 6) is 0. The number of rotatable bonds is 1. The minimum absolute atomic E-state index is 0.371. The number of nitrogens with zero attached hydrogens (tertiary/aromatic N) is 2. The highest BCUT2D eigenvalue weighted by molar-refractivity contribution is 9.10. The molecule has 1 unspecified atom stereocenters. The summed E-state index contributed by atoms with van der Waals surface area (Å²) < 4.78 is 21.4. The number of halogens is 1. The molecular formula is C11H15BrN2O3S. The Hall–Kier alpha value is -0.950. The summed E-state index contributed by atoms with van der Waals surface area (Å²) in [5, 5.41) is 0. The lowest BCUT2D eigenvalue weighted by atomic mass is 10.2. The van der Waals surface area contributed by atoms with E-state index in [1.54, 1.807) is 39.1 Å². The summed E-state index contributed by atoms with van der Waals surface area (Å²) in [5.41, 5.74) is -0.664. The van der Waals surface area contributed by atoms with Crippen LogP contribution < -0.4 is 0 Å². The quantitative estimate of drug-likeness (QED) is 0.739. The minimum atomic E-state index is -2.87. The number of carbonyl (C=O) groups excluding carboxylic acids is 1. The summed E-state index contributed by atoms with van der Waals surface area (Å²) in [6.07, 6.45) is 2.08. The first-order chi connectivity index (χ1) is 8.12. The predicted molar refractivity (Wildman–Crippen MR) is 72.9 cm³/mol. The highest BCUT2D eigenvalue weighted by atomic mass is 79.9. The Morgan fingerprint density at radius 3 is 2.61 bits per heavy atom. The van der Waals surface area contributed by atoms with Crippen molar-refractivity contribution in [1.29, 1.82) is 0 Å². The Bertz CT molecular complexity index is 572. The van der Waals surface area contributed by atoms with E-state index in [1.165, 1.54) is 6.26 Å². The maximum atomic E-state index is 12.4. The van der Waals surface area contributed by atoms with Crippen molar-refractivity contribution in [1.82, 2.24) is 4.98 Å². The van der Waals surface area contributed by atoms with Gasteiger partial charge in [-0.2, -0.15) is 0 Å². The van der Waals surface area contributed by atoms with Crippen LogP contribution in [-0.4, -0.2) is 27.1 Å². The maximum Gasteiger partial charge on any atom is 0.442 e. The van der Waals surface area contributed by atoms with Gasteiger partial charge in [-0.15, -0.1) is 4.36 Å². The fraction of sp³-hybridized carbons (Fsp3) is 0.455. The van der Waals surface area contributed by atoms with E-state index < -0.39 is 21.4 Å². The molecule has 1 rings (SSSR count). The smallest absolute Gasteiger partial charge is 0.442 e. The van der Waals surface area contributed by atoms with Crippen molar-refractivity contribution in [3.8, 4) is 0 Å². The Morgan fingerprint density at radius 2 is 2.11 bits per heavy atom. The van der Waals surface area contributed by atoms with Gasteiger partial charge in [0.1, 0.15) is 10.2 Å². The van der Waals surface area contributed by atoms with Crippen LogP contribution in [0.4, 0.5) is 4.79 Å². The third-order valence-electron chi connectivity index (χ3n) is 1.78. The van der Waals surface area contributed by atoms with Crippen molar-refractivity contribution in [3.63, 3.8) is 0 Å². The second kappa shape index (κ2) is 5.36. The van der Waals surface area contributed by atoms with E-state index in [4.69, 9.17) is 4.74 Å². The lowest BCUT2D eigenvalue weighted by Gasteiger charge is -2.17. The molecule has 0 aliphatic heterocycles. The van der Waals surface area contributed by atoms with Crippen LogP contribution in [0.2, 0.25) is 0 Å². The van der Waals surface area contributed by atoms with Crippen LogP contribution in [0, 0.1) is 0 Å². The molecule has 0 spiro atoms. The predicted octanol–water partition coefficient (Wildman–Crippen LogP) is 3.24. The van der Waals surface area contributed by atoms with E-state index >= 15 is 0 Å². The summed E-state index contributed by atoms with van der Waals surface area (Å²) in [6, 6.07) is 3.24. The van der Waals surface area contributed by atoms with Gasteiger partial charge in [-0.25, -0.2) is 14.0 Å². The van der Waals surface area contributed by atoms with Gasteiger partial charge >= 0.3 is 6.09 Å². The fourth-order valence-electron chi connectivity index (χ4n) is 1.13. The van der Waals surface area contributed by atoms with Crippen LogP contribution in [0.3, 0.4) is 0 Å². The standard InChI is InChI=1S/C11H15BrN2O3S/c1-11(2,3)17-10(15)14-18(4,16)8-6-5-7-13-9(8)12/h5-7H,1-4H3. The van der Waals surface area contributed by atoms with Crippen molar-refractivity contribution in [2.45, 2.75) is 31.3 Å². The number of ether oxygens (including phenoxy) is 1. The molecule has 1 aromatic heterocycles. The molecule has 0 N–H and O–H groups in total. The average molecular weight is 335 g/mol. The minimum Gasteiger partial charge on any atom is -0.442 e. The molecule has 0 fully saturated rings. The van der Waals surface area contributed by atoms with Crippen molar-refractivity contribution in [3.05, 3.63) is 22.9 Å². The number of hydrogen-bond acceptors (Lipinski definition) is 4. The largest absolute Gasteiger partial charge is 0.442 e. The van der Waals surface area contributed by atoms with Gasteiger partial charge in [0, 0.05) is 12.5 Å². The first kappa shape index (κ1) is 15.1. The molecule has 18 heavy (non-hydrogen) atoms. The molecule has 0 radical (unpaired) electrons. The van der Waals surface area contributed by atoms with Gasteiger partial charge < -0.3 is 4.74 Å². The van der Waals surface area contributed by atoms with Gasteiger partial charge in [-0.1, -0.05) is 0 Å². The third kappa shape index (κ3) is 4.38. The van der Waals surface area contributed by atoms with E-state index in [1.807, 2.05) is 0 Å².